The van der Waals surface area contributed by atoms with E-state index in [2.05, 4.69) is 104 Å². The topological polar surface area (TPSA) is 9.23 Å². The zero-order valence-corrected chi connectivity index (χ0v) is 23.4. The molecule has 0 fully saturated rings. The Balaban J connectivity index is 0.00000227. The van der Waals surface area contributed by atoms with Crippen LogP contribution in [0, 0.1) is 5.41 Å². The SMILES string of the molecule is CC.CC.CCc1ccc(C(C)(C)c2ccc(C(C)(C)OCCC(C)(C)CC)cc2)cc1. The van der Waals surface area contributed by atoms with Crippen LogP contribution in [0.3, 0.4) is 0 Å². The van der Waals surface area contributed by atoms with Crippen molar-refractivity contribution in [2.75, 3.05) is 6.61 Å². The molecule has 0 aromatic heterocycles. The van der Waals surface area contributed by atoms with Crippen LogP contribution < -0.4 is 0 Å². The third-order valence-electron chi connectivity index (χ3n) is 6.58. The fourth-order valence-electron chi connectivity index (χ4n) is 3.45. The fraction of sp³-hybridized carbons (Fsp3) is 0.613. The van der Waals surface area contributed by atoms with E-state index >= 15 is 0 Å². The summed E-state index contributed by atoms with van der Waals surface area (Å²) in [7, 11) is 0. The highest BCUT2D eigenvalue weighted by atomic mass is 16.5. The summed E-state index contributed by atoms with van der Waals surface area (Å²) < 4.78 is 6.29. The Labute approximate surface area is 201 Å². The Hall–Kier alpha value is -1.60. The van der Waals surface area contributed by atoms with Crippen LogP contribution in [-0.4, -0.2) is 6.61 Å². The first-order valence-electron chi connectivity index (χ1n) is 12.9. The number of ether oxygens (including phenoxy) is 1. The van der Waals surface area contributed by atoms with E-state index in [-0.39, 0.29) is 11.0 Å². The van der Waals surface area contributed by atoms with Crippen LogP contribution >= 0.6 is 0 Å². The van der Waals surface area contributed by atoms with Gasteiger partial charge in [0.2, 0.25) is 0 Å². The van der Waals surface area contributed by atoms with Gasteiger partial charge in [0.25, 0.3) is 0 Å². The van der Waals surface area contributed by atoms with Crippen LogP contribution in [0.15, 0.2) is 48.5 Å². The van der Waals surface area contributed by atoms with Crippen molar-refractivity contribution in [2.45, 2.75) is 113 Å². The maximum Gasteiger partial charge on any atom is 0.0875 e. The second kappa shape index (κ2) is 13.8. The summed E-state index contributed by atoms with van der Waals surface area (Å²) in [6, 6.07) is 18.1. The minimum Gasteiger partial charge on any atom is -0.371 e. The zero-order chi connectivity index (χ0) is 25.0. The molecule has 32 heavy (non-hydrogen) atoms. The molecule has 0 radical (unpaired) electrons. The van der Waals surface area contributed by atoms with Crippen LogP contribution in [0.4, 0.5) is 0 Å². The van der Waals surface area contributed by atoms with E-state index in [1.165, 1.54) is 28.7 Å². The third-order valence-corrected chi connectivity index (χ3v) is 6.58. The van der Waals surface area contributed by atoms with Crippen LogP contribution in [0.5, 0.6) is 0 Å². The molecule has 0 heterocycles. The van der Waals surface area contributed by atoms with Crippen molar-refractivity contribution in [1.29, 1.82) is 0 Å². The van der Waals surface area contributed by atoms with E-state index in [1.54, 1.807) is 0 Å². The quantitative estimate of drug-likeness (QED) is 0.377. The lowest BCUT2D eigenvalue weighted by molar-refractivity contribution is -0.0333. The predicted octanol–water partition coefficient (Wildman–Crippen LogP) is 9.71. The normalized spacial score (nSPS) is 11.8. The first kappa shape index (κ1) is 30.4. The van der Waals surface area contributed by atoms with Gasteiger partial charge >= 0.3 is 0 Å². The van der Waals surface area contributed by atoms with Gasteiger partial charge in [-0.05, 0) is 54.4 Å². The molecule has 0 aliphatic rings. The number of hydrogen-bond donors (Lipinski definition) is 0. The monoisotopic (exact) mass is 440 g/mol. The number of rotatable bonds is 9. The highest BCUT2D eigenvalue weighted by molar-refractivity contribution is 5.40. The second-order valence-corrected chi connectivity index (χ2v) is 9.88. The molecule has 1 heteroatoms. The van der Waals surface area contributed by atoms with Crippen molar-refractivity contribution in [3.63, 3.8) is 0 Å². The van der Waals surface area contributed by atoms with Gasteiger partial charge < -0.3 is 4.74 Å². The molecule has 0 N–H and O–H groups in total. The highest BCUT2D eigenvalue weighted by Gasteiger charge is 2.26. The molecule has 1 nitrogen and oxygen atoms in total. The van der Waals surface area contributed by atoms with E-state index in [1.807, 2.05) is 27.7 Å². The smallest absolute Gasteiger partial charge is 0.0875 e. The summed E-state index contributed by atoms with van der Waals surface area (Å²) in [5.41, 5.74) is 5.38. The molecule has 2 aromatic rings. The van der Waals surface area contributed by atoms with Crippen molar-refractivity contribution >= 4 is 0 Å². The van der Waals surface area contributed by atoms with Crippen molar-refractivity contribution in [3.8, 4) is 0 Å². The Morgan fingerprint density at radius 3 is 1.44 bits per heavy atom. The number of hydrogen-bond acceptors (Lipinski definition) is 1. The van der Waals surface area contributed by atoms with Crippen molar-refractivity contribution in [3.05, 3.63) is 70.8 Å². The summed E-state index contributed by atoms with van der Waals surface area (Å²) >= 11 is 0. The standard InChI is InChI=1S/C27H40O.2C2H6/c1-9-21-11-13-22(14-12-21)26(5,6)23-15-17-24(18-16-23)27(7,8)28-20-19-25(3,4)10-2;2*1-2/h11-18H,9-10,19-20H2,1-8H3;2*1-2H3. The molecular formula is C31H52O. The molecule has 0 aliphatic heterocycles. The average molecular weight is 441 g/mol. The molecule has 0 saturated heterocycles. The first-order valence-corrected chi connectivity index (χ1v) is 12.9. The molecule has 0 spiro atoms. The molecule has 2 aromatic carbocycles. The van der Waals surface area contributed by atoms with Crippen molar-refractivity contribution in [1.82, 2.24) is 0 Å². The zero-order valence-electron chi connectivity index (χ0n) is 23.4. The minimum atomic E-state index is -0.269. The molecular weight excluding hydrogens is 388 g/mol. The Kier molecular flexibility index (Phi) is 13.1. The highest BCUT2D eigenvalue weighted by Crippen LogP contribution is 2.34. The molecule has 0 bridgehead atoms. The van der Waals surface area contributed by atoms with E-state index in [0.29, 0.717) is 5.41 Å². The predicted molar refractivity (Wildman–Crippen MR) is 145 cm³/mol. The van der Waals surface area contributed by atoms with Crippen LogP contribution in [0.25, 0.3) is 0 Å². The fourth-order valence-corrected chi connectivity index (χ4v) is 3.45. The third kappa shape index (κ3) is 8.74. The van der Waals surface area contributed by atoms with Gasteiger partial charge in [-0.2, -0.15) is 0 Å². The van der Waals surface area contributed by atoms with Crippen molar-refractivity contribution < 1.29 is 4.74 Å². The maximum absolute atomic E-state index is 6.29. The summed E-state index contributed by atoms with van der Waals surface area (Å²) in [5, 5.41) is 0. The van der Waals surface area contributed by atoms with E-state index < -0.39 is 0 Å². The van der Waals surface area contributed by atoms with Gasteiger partial charge in [-0.3, -0.25) is 0 Å². The number of benzene rings is 2. The van der Waals surface area contributed by atoms with Gasteiger partial charge in [-0.25, -0.2) is 0 Å². The lowest BCUT2D eigenvalue weighted by Gasteiger charge is -2.31. The minimum absolute atomic E-state index is 0.0129. The van der Waals surface area contributed by atoms with Crippen LogP contribution in [-0.2, 0) is 22.2 Å². The van der Waals surface area contributed by atoms with Gasteiger partial charge in [0, 0.05) is 12.0 Å². The lowest BCUT2D eigenvalue weighted by Crippen LogP contribution is -2.25. The summed E-state index contributed by atoms with van der Waals surface area (Å²) in [5.74, 6) is 0. The Morgan fingerprint density at radius 1 is 0.625 bits per heavy atom. The molecule has 0 atom stereocenters. The lowest BCUT2D eigenvalue weighted by atomic mass is 9.77. The van der Waals surface area contributed by atoms with Crippen LogP contribution in [0.2, 0.25) is 0 Å². The Morgan fingerprint density at radius 2 is 1.03 bits per heavy atom. The van der Waals surface area contributed by atoms with Gasteiger partial charge in [-0.1, -0.05) is 124 Å². The molecule has 0 unspecified atom stereocenters. The average Bonchev–Trinajstić information content (AvgIpc) is 2.81. The van der Waals surface area contributed by atoms with E-state index in [4.69, 9.17) is 4.74 Å². The molecule has 0 aliphatic carbocycles. The molecule has 0 saturated carbocycles. The summed E-state index contributed by atoms with van der Waals surface area (Å²) in [6.07, 6.45) is 3.35. The Bertz CT molecular complexity index is 733. The van der Waals surface area contributed by atoms with Gasteiger partial charge in [0.05, 0.1) is 5.60 Å². The summed E-state index contributed by atoms with van der Waals surface area (Å²) in [4.78, 5) is 0. The molecule has 182 valence electrons. The summed E-state index contributed by atoms with van der Waals surface area (Å²) in [6.45, 7) is 26.8. The first-order chi connectivity index (χ1) is 15.0. The van der Waals surface area contributed by atoms with Gasteiger partial charge in [-0.15, -0.1) is 0 Å². The largest absolute Gasteiger partial charge is 0.371 e. The van der Waals surface area contributed by atoms with E-state index in [0.717, 1.165) is 19.4 Å². The number of aryl methyl sites for hydroxylation is 1. The van der Waals surface area contributed by atoms with Gasteiger partial charge in [0.15, 0.2) is 0 Å². The maximum atomic E-state index is 6.29. The van der Waals surface area contributed by atoms with Gasteiger partial charge in [0.1, 0.15) is 0 Å². The molecule has 0 amide bonds. The van der Waals surface area contributed by atoms with Crippen molar-refractivity contribution in [2.24, 2.45) is 5.41 Å². The second-order valence-electron chi connectivity index (χ2n) is 9.88. The van der Waals surface area contributed by atoms with Crippen LogP contribution in [0.1, 0.15) is 118 Å². The molecule has 2 rings (SSSR count). The van der Waals surface area contributed by atoms with E-state index in [9.17, 15) is 0 Å².